The molecule has 0 aromatic heterocycles. The number of hydrogen-bond acceptors (Lipinski definition) is 2. The van der Waals surface area contributed by atoms with E-state index in [4.69, 9.17) is 0 Å². The lowest BCUT2D eigenvalue weighted by Gasteiger charge is -2.20. The smallest absolute Gasteiger partial charge is 0.281 e. The molecule has 0 aliphatic heterocycles. The van der Waals surface area contributed by atoms with Gasteiger partial charge in [0.15, 0.2) is 0 Å². The Morgan fingerprint density at radius 3 is 2.23 bits per heavy atom. The van der Waals surface area contributed by atoms with Crippen molar-refractivity contribution < 1.29 is 18.0 Å². The van der Waals surface area contributed by atoms with Gasteiger partial charge in [0.05, 0.1) is 0 Å². The number of nitrogens with zero attached hydrogens (tertiary/aromatic N) is 1. The van der Waals surface area contributed by atoms with Gasteiger partial charge >= 0.3 is 12.1 Å². The lowest BCUT2D eigenvalue weighted by molar-refractivity contribution is -0.178. The van der Waals surface area contributed by atoms with Crippen molar-refractivity contribution in [2.24, 2.45) is 5.92 Å². The molecular formula is C7H13F3N2O. The van der Waals surface area contributed by atoms with Crippen LogP contribution in [0, 0.1) is 5.92 Å². The monoisotopic (exact) mass is 198 g/mol. The Bertz CT molecular complexity index is 179. The number of hydrazine groups is 1. The number of nitrogens with one attached hydrogen (secondary N) is 1. The largest absolute Gasteiger partial charge is 0.472 e. The second-order valence-electron chi connectivity index (χ2n) is 3.21. The van der Waals surface area contributed by atoms with Gasteiger partial charge in [0.25, 0.3) is 0 Å². The standard InChI is InChI=1S/C7H13F3N2O/c1-5(2)4-12(3)11-6(13)7(8,9)10/h5H,4H2,1-3H3,(H,11,13). The van der Waals surface area contributed by atoms with Gasteiger partial charge in [-0.1, -0.05) is 13.8 Å². The zero-order chi connectivity index (χ0) is 10.6. The summed E-state index contributed by atoms with van der Waals surface area (Å²) in [5.74, 6) is -1.74. The Kier molecular flexibility index (Phi) is 4.19. The molecule has 0 saturated heterocycles. The zero-order valence-electron chi connectivity index (χ0n) is 7.77. The summed E-state index contributed by atoms with van der Waals surface area (Å²) in [5.41, 5.74) is 1.72. The highest BCUT2D eigenvalue weighted by Crippen LogP contribution is 2.14. The van der Waals surface area contributed by atoms with Crippen LogP contribution in [0.2, 0.25) is 0 Å². The molecule has 13 heavy (non-hydrogen) atoms. The molecule has 0 rings (SSSR count). The van der Waals surface area contributed by atoms with Crippen molar-refractivity contribution in [3.05, 3.63) is 0 Å². The number of alkyl halides is 3. The van der Waals surface area contributed by atoms with E-state index in [1.54, 1.807) is 5.43 Å². The first-order chi connectivity index (χ1) is 5.73. The summed E-state index contributed by atoms with van der Waals surface area (Å²) in [7, 11) is 1.39. The fourth-order valence-electron chi connectivity index (χ4n) is 0.830. The second kappa shape index (κ2) is 4.45. The Morgan fingerprint density at radius 2 is 1.92 bits per heavy atom. The van der Waals surface area contributed by atoms with Gasteiger partial charge in [-0.3, -0.25) is 10.2 Å². The molecule has 0 radical (unpaired) electrons. The van der Waals surface area contributed by atoms with Crippen molar-refractivity contribution in [3.63, 3.8) is 0 Å². The van der Waals surface area contributed by atoms with E-state index in [1.165, 1.54) is 7.05 Å². The SMILES string of the molecule is CC(C)CN(C)NC(=O)C(F)(F)F. The van der Waals surface area contributed by atoms with Crippen LogP contribution in [0.5, 0.6) is 0 Å². The van der Waals surface area contributed by atoms with E-state index >= 15 is 0 Å². The Hall–Kier alpha value is -0.780. The lowest BCUT2D eigenvalue weighted by atomic mass is 10.2. The average Bonchev–Trinajstić information content (AvgIpc) is 1.82. The second-order valence-corrected chi connectivity index (χ2v) is 3.21. The summed E-state index contributed by atoms with van der Waals surface area (Å²) < 4.78 is 35.1. The Morgan fingerprint density at radius 1 is 1.46 bits per heavy atom. The molecule has 0 fully saturated rings. The summed E-state index contributed by atoms with van der Waals surface area (Å²) in [6, 6.07) is 0. The number of rotatable bonds is 3. The highest BCUT2D eigenvalue weighted by Gasteiger charge is 2.39. The third-order valence-corrected chi connectivity index (χ3v) is 1.19. The van der Waals surface area contributed by atoms with E-state index in [0.29, 0.717) is 6.54 Å². The van der Waals surface area contributed by atoms with Crippen molar-refractivity contribution in [1.29, 1.82) is 0 Å². The summed E-state index contributed by atoms with van der Waals surface area (Å²) in [6.07, 6.45) is -4.81. The minimum absolute atomic E-state index is 0.193. The maximum Gasteiger partial charge on any atom is 0.472 e. The number of amides is 1. The molecule has 0 aromatic carbocycles. The number of halogens is 3. The van der Waals surface area contributed by atoms with E-state index < -0.39 is 12.1 Å². The topological polar surface area (TPSA) is 32.3 Å². The first kappa shape index (κ1) is 12.2. The van der Waals surface area contributed by atoms with Gasteiger partial charge in [0, 0.05) is 13.6 Å². The third kappa shape index (κ3) is 5.46. The highest BCUT2D eigenvalue weighted by molar-refractivity contribution is 5.81. The van der Waals surface area contributed by atoms with Crippen molar-refractivity contribution >= 4 is 5.91 Å². The zero-order valence-corrected chi connectivity index (χ0v) is 7.77. The molecule has 1 N–H and O–H groups in total. The molecule has 0 heterocycles. The fraction of sp³-hybridized carbons (Fsp3) is 0.857. The van der Waals surface area contributed by atoms with Crippen LogP contribution in [-0.4, -0.2) is 30.7 Å². The van der Waals surface area contributed by atoms with E-state index in [-0.39, 0.29) is 5.92 Å². The minimum atomic E-state index is -4.81. The predicted molar refractivity (Wildman–Crippen MR) is 41.7 cm³/mol. The van der Waals surface area contributed by atoms with Crippen molar-refractivity contribution in [1.82, 2.24) is 10.4 Å². The number of hydrogen-bond donors (Lipinski definition) is 1. The number of carbonyl (C=O) groups is 1. The minimum Gasteiger partial charge on any atom is -0.281 e. The molecule has 6 heteroatoms. The summed E-state index contributed by atoms with van der Waals surface area (Å²) in [6.45, 7) is 4.06. The van der Waals surface area contributed by atoms with Crippen LogP contribution >= 0.6 is 0 Å². The van der Waals surface area contributed by atoms with E-state index in [0.717, 1.165) is 5.01 Å². The van der Waals surface area contributed by atoms with Crippen LogP contribution in [0.15, 0.2) is 0 Å². The molecule has 0 bridgehead atoms. The van der Waals surface area contributed by atoms with Crippen LogP contribution in [0.3, 0.4) is 0 Å². The van der Waals surface area contributed by atoms with E-state index in [1.807, 2.05) is 13.8 Å². The first-order valence-electron chi connectivity index (χ1n) is 3.82. The van der Waals surface area contributed by atoms with E-state index in [2.05, 4.69) is 0 Å². The molecule has 0 aromatic rings. The van der Waals surface area contributed by atoms with Gasteiger partial charge in [-0.15, -0.1) is 0 Å². The van der Waals surface area contributed by atoms with Crippen LogP contribution in [-0.2, 0) is 4.79 Å². The fourth-order valence-corrected chi connectivity index (χ4v) is 0.830. The summed E-state index contributed by atoms with van der Waals surface area (Å²) in [4.78, 5) is 10.4. The molecule has 0 spiro atoms. The van der Waals surface area contributed by atoms with Gasteiger partial charge in [-0.05, 0) is 5.92 Å². The third-order valence-electron chi connectivity index (χ3n) is 1.19. The van der Waals surface area contributed by atoms with Crippen LogP contribution < -0.4 is 5.43 Å². The molecule has 3 nitrogen and oxygen atoms in total. The van der Waals surface area contributed by atoms with Crippen molar-refractivity contribution in [2.75, 3.05) is 13.6 Å². The van der Waals surface area contributed by atoms with Gasteiger partial charge < -0.3 is 0 Å². The first-order valence-corrected chi connectivity index (χ1v) is 3.82. The Balaban J connectivity index is 3.93. The maximum atomic E-state index is 11.7. The van der Waals surface area contributed by atoms with Crippen LogP contribution in [0.25, 0.3) is 0 Å². The van der Waals surface area contributed by atoms with Crippen LogP contribution in [0.1, 0.15) is 13.8 Å². The number of carbonyl (C=O) groups excluding carboxylic acids is 1. The van der Waals surface area contributed by atoms with E-state index in [9.17, 15) is 18.0 Å². The molecule has 0 saturated carbocycles. The lowest BCUT2D eigenvalue weighted by Crippen LogP contribution is -2.47. The van der Waals surface area contributed by atoms with Gasteiger partial charge in [0.1, 0.15) is 0 Å². The molecule has 0 unspecified atom stereocenters. The highest BCUT2D eigenvalue weighted by atomic mass is 19.4. The van der Waals surface area contributed by atoms with Crippen molar-refractivity contribution in [3.8, 4) is 0 Å². The molecule has 0 atom stereocenters. The maximum absolute atomic E-state index is 11.7. The van der Waals surface area contributed by atoms with Crippen molar-refractivity contribution in [2.45, 2.75) is 20.0 Å². The van der Waals surface area contributed by atoms with Crippen LogP contribution in [0.4, 0.5) is 13.2 Å². The Labute approximate surface area is 74.9 Å². The summed E-state index contributed by atoms with van der Waals surface area (Å²) in [5, 5.41) is 1.13. The van der Waals surface area contributed by atoms with Gasteiger partial charge in [-0.2, -0.15) is 13.2 Å². The van der Waals surface area contributed by atoms with Gasteiger partial charge in [0.2, 0.25) is 0 Å². The molecular weight excluding hydrogens is 185 g/mol. The normalized spacial score (nSPS) is 12.3. The molecule has 1 amide bonds. The molecule has 78 valence electrons. The molecule has 0 aliphatic rings. The average molecular weight is 198 g/mol. The summed E-state index contributed by atoms with van der Waals surface area (Å²) >= 11 is 0. The molecule has 0 aliphatic carbocycles. The predicted octanol–water partition coefficient (Wildman–Crippen LogP) is 1.17. The van der Waals surface area contributed by atoms with Gasteiger partial charge in [-0.25, -0.2) is 5.01 Å². The quantitative estimate of drug-likeness (QED) is 0.690.